The molecule has 1 fully saturated rings. The van der Waals surface area contributed by atoms with Crippen LogP contribution >= 0.6 is 0 Å². The van der Waals surface area contributed by atoms with Crippen LogP contribution in [0.4, 0.5) is 0 Å². The van der Waals surface area contributed by atoms with Gasteiger partial charge in [-0.3, -0.25) is 0 Å². The Balaban J connectivity index is 1.67. The van der Waals surface area contributed by atoms with Crippen LogP contribution in [0.15, 0.2) is 42.9 Å². The van der Waals surface area contributed by atoms with E-state index < -0.39 is 0 Å². The standard InChI is InChI=1S/C16H21N3/c1-2-8-17-10-14-11-18-12-19(14)16-9-15(16)13-6-4-3-5-7-13/h3-7,11-12,15-17H,2,8-10H2,1H3. The summed E-state index contributed by atoms with van der Waals surface area (Å²) in [4.78, 5) is 4.31. The predicted molar refractivity (Wildman–Crippen MR) is 77.1 cm³/mol. The van der Waals surface area contributed by atoms with Crippen molar-refractivity contribution in [2.75, 3.05) is 6.54 Å². The molecule has 0 bridgehead atoms. The molecule has 1 heterocycles. The lowest BCUT2D eigenvalue weighted by molar-refractivity contribution is 0.609. The number of benzene rings is 1. The summed E-state index contributed by atoms with van der Waals surface area (Å²) in [5.74, 6) is 0.667. The quantitative estimate of drug-likeness (QED) is 0.804. The summed E-state index contributed by atoms with van der Waals surface area (Å²) >= 11 is 0. The van der Waals surface area contributed by atoms with Crippen molar-refractivity contribution in [1.29, 1.82) is 0 Å². The van der Waals surface area contributed by atoms with Crippen LogP contribution in [0.2, 0.25) is 0 Å². The summed E-state index contributed by atoms with van der Waals surface area (Å²) in [7, 11) is 0. The highest BCUT2D eigenvalue weighted by molar-refractivity contribution is 5.27. The number of hydrogen-bond donors (Lipinski definition) is 1. The zero-order valence-electron chi connectivity index (χ0n) is 11.4. The van der Waals surface area contributed by atoms with Gasteiger partial charge in [-0.2, -0.15) is 0 Å². The third kappa shape index (κ3) is 2.71. The zero-order valence-corrected chi connectivity index (χ0v) is 11.4. The summed E-state index contributed by atoms with van der Waals surface area (Å²) in [6.07, 6.45) is 6.38. The number of hydrogen-bond acceptors (Lipinski definition) is 2. The van der Waals surface area contributed by atoms with E-state index in [2.05, 4.69) is 52.1 Å². The molecule has 3 heteroatoms. The molecule has 0 amide bonds. The highest BCUT2D eigenvalue weighted by Crippen LogP contribution is 2.51. The number of imidazole rings is 1. The summed E-state index contributed by atoms with van der Waals surface area (Å²) in [6.45, 7) is 4.18. The Bertz CT molecular complexity index is 518. The lowest BCUT2D eigenvalue weighted by atomic mass is 10.1. The molecule has 2 atom stereocenters. The molecule has 0 spiro atoms. The van der Waals surface area contributed by atoms with E-state index in [-0.39, 0.29) is 0 Å². The van der Waals surface area contributed by atoms with Crippen LogP contribution in [-0.4, -0.2) is 16.1 Å². The topological polar surface area (TPSA) is 29.9 Å². The monoisotopic (exact) mass is 255 g/mol. The van der Waals surface area contributed by atoms with Gasteiger partial charge in [0.1, 0.15) is 0 Å². The third-order valence-electron chi connectivity index (χ3n) is 3.82. The van der Waals surface area contributed by atoms with E-state index in [1.807, 2.05) is 12.5 Å². The van der Waals surface area contributed by atoms with E-state index in [0.29, 0.717) is 12.0 Å². The lowest BCUT2D eigenvalue weighted by Crippen LogP contribution is -2.16. The molecule has 1 aromatic heterocycles. The van der Waals surface area contributed by atoms with E-state index >= 15 is 0 Å². The first kappa shape index (κ1) is 12.4. The molecule has 1 aromatic carbocycles. The fourth-order valence-corrected chi connectivity index (χ4v) is 2.71. The van der Waals surface area contributed by atoms with Crippen molar-refractivity contribution in [3.05, 3.63) is 54.1 Å². The first-order valence-electron chi connectivity index (χ1n) is 7.16. The Morgan fingerprint density at radius 3 is 2.95 bits per heavy atom. The average molecular weight is 255 g/mol. The molecule has 1 N–H and O–H groups in total. The number of aromatic nitrogens is 2. The van der Waals surface area contributed by atoms with E-state index in [9.17, 15) is 0 Å². The Morgan fingerprint density at radius 1 is 1.32 bits per heavy atom. The molecule has 19 heavy (non-hydrogen) atoms. The fourth-order valence-electron chi connectivity index (χ4n) is 2.71. The molecule has 0 radical (unpaired) electrons. The number of nitrogens with zero attached hydrogens (tertiary/aromatic N) is 2. The normalized spacial score (nSPS) is 21.5. The average Bonchev–Trinajstić information content (AvgIpc) is 3.12. The van der Waals surface area contributed by atoms with Crippen LogP contribution in [0.3, 0.4) is 0 Å². The van der Waals surface area contributed by atoms with Crippen LogP contribution < -0.4 is 5.32 Å². The van der Waals surface area contributed by atoms with Gasteiger partial charge in [-0.05, 0) is 24.9 Å². The van der Waals surface area contributed by atoms with E-state index in [4.69, 9.17) is 0 Å². The predicted octanol–water partition coefficient (Wildman–Crippen LogP) is 3.11. The highest BCUT2D eigenvalue weighted by atomic mass is 15.1. The molecule has 1 saturated carbocycles. The van der Waals surface area contributed by atoms with Gasteiger partial charge in [0.05, 0.1) is 12.0 Å². The number of rotatable bonds is 6. The Morgan fingerprint density at radius 2 is 2.16 bits per heavy atom. The summed E-state index contributed by atoms with van der Waals surface area (Å²) < 4.78 is 2.35. The molecule has 3 nitrogen and oxygen atoms in total. The molecule has 0 saturated heterocycles. The van der Waals surface area contributed by atoms with E-state index in [1.54, 1.807) is 0 Å². The molecule has 2 aromatic rings. The van der Waals surface area contributed by atoms with Gasteiger partial charge in [-0.1, -0.05) is 37.3 Å². The maximum absolute atomic E-state index is 4.31. The van der Waals surface area contributed by atoms with Crippen molar-refractivity contribution in [3.63, 3.8) is 0 Å². The van der Waals surface area contributed by atoms with Crippen molar-refractivity contribution in [2.45, 2.75) is 38.3 Å². The van der Waals surface area contributed by atoms with Gasteiger partial charge in [-0.25, -0.2) is 4.98 Å². The molecule has 3 rings (SSSR count). The summed E-state index contributed by atoms with van der Waals surface area (Å²) in [5, 5.41) is 3.45. The molecule has 1 aliphatic rings. The van der Waals surface area contributed by atoms with Crippen LogP contribution in [0, 0.1) is 0 Å². The second kappa shape index (κ2) is 5.57. The third-order valence-corrected chi connectivity index (χ3v) is 3.82. The van der Waals surface area contributed by atoms with Crippen LogP contribution in [0.25, 0.3) is 0 Å². The minimum atomic E-state index is 0.600. The van der Waals surface area contributed by atoms with Gasteiger partial charge in [0.25, 0.3) is 0 Å². The summed E-state index contributed by atoms with van der Waals surface area (Å²) in [6, 6.07) is 11.4. The molecule has 1 aliphatic carbocycles. The van der Waals surface area contributed by atoms with Gasteiger partial charge in [-0.15, -0.1) is 0 Å². The minimum Gasteiger partial charge on any atom is -0.330 e. The van der Waals surface area contributed by atoms with Gasteiger partial charge < -0.3 is 9.88 Å². The van der Waals surface area contributed by atoms with Crippen LogP contribution in [0.1, 0.15) is 43.0 Å². The highest BCUT2D eigenvalue weighted by Gasteiger charge is 2.40. The SMILES string of the molecule is CCCNCc1cncn1C1CC1c1ccccc1. The molecule has 100 valence electrons. The van der Waals surface area contributed by atoms with Crippen LogP contribution in [0.5, 0.6) is 0 Å². The van der Waals surface area contributed by atoms with Crippen molar-refractivity contribution in [2.24, 2.45) is 0 Å². The maximum atomic E-state index is 4.31. The first-order valence-corrected chi connectivity index (χ1v) is 7.16. The second-order valence-electron chi connectivity index (χ2n) is 5.29. The van der Waals surface area contributed by atoms with Crippen molar-refractivity contribution in [1.82, 2.24) is 14.9 Å². The summed E-state index contributed by atoms with van der Waals surface area (Å²) in [5.41, 5.74) is 2.76. The van der Waals surface area contributed by atoms with Crippen LogP contribution in [-0.2, 0) is 6.54 Å². The van der Waals surface area contributed by atoms with Gasteiger partial charge in [0.2, 0.25) is 0 Å². The second-order valence-corrected chi connectivity index (χ2v) is 5.29. The Labute approximate surface area is 114 Å². The van der Waals surface area contributed by atoms with Gasteiger partial charge >= 0.3 is 0 Å². The molecule has 0 aliphatic heterocycles. The molecule has 2 unspecified atom stereocenters. The van der Waals surface area contributed by atoms with Crippen molar-refractivity contribution >= 4 is 0 Å². The van der Waals surface area contributed by atoms with Crippen molar-refractivity contribution < 1.29 is 0 Å². The maximum Gasteiger partial charge on any atom is 0.0951 e. The molecular formula is C16H21N3. The Hall–Kier alpha value is -1.61. The zero-order chi connectivity index (χ0) is 13.1. The largest absolute Gasteiger partial charge is 0.330 e. The van der Waals surface area contributed by atoms with E-state index in [1.165, 1.54) is 24.1 Å². The molecular weight excluding hydrogens is 234 g/mol. The number of nitrogens with one attached hydrogen (secondary N) is 1. The van der Waals surface area contributed by atoms with Gasteiger partial charge in [0.15, 0.2) is 0 Å². The van der Waals surface area contributed by atoms with E-state index in [0.717, 1.165) is 13.1 Å². The fraction of sp³-hybridized carbons (Fsp3) is 0.438. The Kier molecular flexibility index (Phi) is 3.65. The smallest absolute Gasteiger partial charge is 0.0951 e. The van der Waals surface area contributed by atoms with Crippen molar-refractivity contribution in [3.8, 4) is 0 Å². The lowest BCUT2D eigenvalue weighted by Gasteiger charge is -2.08. The first-order chi connectivity index (χ1) is 9.40. The van der Waals surface area contributed by atoms with Gasteiger partial charge in [0, 0.05) is 24.7 Å². The minimum absolute atomic E-state index is 0.600.